The zero-order chi connectivity index (χ0) is 13.1. The molecular weight excluding hydrogens is 282 g/mol. The molecule has 94 valence electrons. The van der Waals surface area contributed by atoms with Gasteiger partial charge in [0, 0.05) is 18.1 Å². The van der Waals surface area contributed by atoms with Crippen LogP contribution in [0.5, 0.6) is 0 Å². The summed E-state index contributed by atoms with van der Waals surface area (Å²) < 4.78 is 0.980. The summed E-state index contributed by atoms with van der Waals surface area (Å²) in [6.45, 7) is 6.26. The lowest BCUT2D eigenvalue weighted by Crippen LogP contribution is -2.39. The van der Waals surface area contributed by atoms with Crippen molar-refractivity contribution in [3.63, 3.8) is 0 Å². The number of rotatable bonds is 4. The molecule has 1 aromatic rings. The number of aryl methyl sites for hydroxylation is 1. The normalized spacial score (nSPS) is 11.1. The maximum Gasteiger partial charge on any atom is 0.227 e. The summed E-state index contributed by atoms with van der Waals surface area (Å²) in [5.74, 6) is 0.793. The number of carbonyl (C=O) groups excluding carboxylic acids is 1. The van der Waals surface area contributed by atoms with Crippen LogP contribution in [0.15, 0.2) is 16.6 Å². The summed E-state index contributed by atoms with van der Waals surface area (Å²) in [4.78, 5) is 16.0. The number of halogens is 1. The zero-order valence-electron chi connectivity index (χ0n) is 10.6. The zero-order valence-corrected chi connectivity index (χ0v) is 12.2. The lowest BCUT2D eigenvalue weighted by Gasteiger charge is -2.23. The second kappa shape index (κ2) is 5.49. The molecule has 0 bridgehead atoms. The third-order valence-corrected chi connectivity index (χ3v) is 3.41. The van der Waals surface area contributed by atoms with Gasteiger partial charge in [-0.3, -0.25) is 4.79 Å². The second-order valence-corrected chi connectivity index (χ2v) is 5.43. The van der Waals surface area contributed by atoms with Gasteiger partial charge in [0.2, 0.25) is 5.91 Å². The van der Waals surface area contributed by atoms with Crippen LogP contribution in [0.1, 0.15) is 19.5 Å². The molecule has 5 heteroatoms. The van der Waals surface area contributed by atoms with E-state index in [0.717, 1.165) is 16.0 Å². The van der Waals surface area contributed by atoms with Gasteiger partial charge >= 0.3 is 0 Å². The van der Waals surface area contributed by atoms with Crippen molar-refractivity contribution in [2.75, 3.05) is 18.9 Å². The van der Waals surface area contributed by atoms with Crippen molar-refractivity contribution in [3.8, 4) is 0 Å². The number of carbonyl (C=O) groups is 1. The van der Waals surface area contributed by atoms with Gasteiger partial charge in [0.05, 0.1) is 11.1 Å². The van der Waals surface area contributed by atoms with Crippen molar-refractivity contribution in [2.45, 2.75) is 20.8 Å². The summed E-state index contributed by atoms with van der Waals surface area (Å²) in [7, 11) is 1.64. The number of hydrogen-bond acceptors (Lipinski definition) is 3. The van der Waals surface area contributed by atoms with Crippen LogP contribution < -0.4 is 10.6 Å². The molecule has 1 aromatic heterocycles. The monoisotopic (exact) mass is 299 g/mol. The molecule has 0 saturated carbocycles. The molecule has 0 saturated heterocycles. The molecule has 0 radical (unpaired) electrons. The summed E-state index contributed by atoms with van der Waals surface area (Å²) >= 11 is 3.40. The van der Waals surface area contributed by atoms with Crippen molar-refractivity contribution < 1.29 is 4.79 Å². The van der Waals surface area contributed by atoms with Gasteiger partial charge < -0.3 is 10.6 Å². The molecule has 4 nitrogen and oxygen atoms in total. The molecular formula is C12H18BrN3O. The van der Waals surface area contributed by atoms with Crippen LogP contribution in [0, 0.1) is 12.3 Å². The molecule has 0 spiro atoms. The van der Waals surface area contributed by atoms with Crippen molar-refractivity contribution >= 4 is 27.7 Å². The van der Waals surface area contributed by atoms with Gasteiger partial charge in [-0.2, -0.15) is 0 Å². The lowest BCUT2D eigenvalue weighted by atomic mass is 9.92. The van der Waals surface area contributed by atoms with E-state index in [4.69, 9.17) is 0 Å². The Hall–Kier alpha value is -1.10. The van der Waals surface area contributed by atoms with Gasteiger partial charge in [0.25, 0.3) is 0 Å². The topological polar surface area (TPSA) is 54.0 Å². The first kappa shape index (κ1) is 14.0. The minimum Gasteiger partial charge on any atom is -0.369 e. The molecule has 1 rings (SSSR count). The van der Waals surface area contributed by atoms with Crippen molar-refractivity contribution in [3.05, 3.63) is 22.3 Å². The average Bonchev–Trinajstić information content (AvgIpc) is 2.29. The molecule has 17 heavy (non-hydrogen) atoms. The number of hydrogen-bond donors (Lipinski definition) is 2. The number of anilines is 1. The van der Waals surface area contributed by atoms with E-state index < -0.39 is 5.41 Å². The standard InChI is InChI=1S/C12H18BrN3O/c1-8-9(13)5-6-10(16-8)15-7-12(2,3)11(17)14-4/h5-6H,7H2,1-4H3,(H,14,17)(H,15,16). The minimum atomic E-state index is -0.461. The van der Waals surface area contributed by atoms with E-state index in [-0.39, 0.29) is 5.91 Å². The Morgan fingerprint density at radius 1 is 1.47 bits per heavy atom. The van der Waals surface area contributed by atoms with Crippen molar-refractivity contribution in [1.82, 2.24) is 10.3 Å². The van der Waals surface area contributed by atoms with E-state index >= 15 is 0 Å². The molecule has 2 N–H and O–H groups in total. The van der Waals surface area contributed by atoms with Crippen LogP contribution >= 0.6 is 15.9 Å². The largest absolute Gasteiger partial charge is 0.369 e. The first-order valence-corrected chi connectivity index (χ1v) is 6.25. The van der Waals surface area contributed by atoms with Gasteiger partial charge in [-0.05, 0) is 48.8 Å². The van der Waals surface area contributed by atoms with Gasteiger partial charge in [-0.1, -0.05) is 0 Å². The highest BCUT2D eigenvalue weighted by molar-refractivity contribution is 9.10. The lowest BCUT2D eigenvalue weighted by molar-refractivity contribution is -0.128. The highest BCUT2D eigenvalue weighted by Crippen LogP contribution is 2.19. The molecule has 0 atom stereocenters. The van der Waals surface area contributed by atoms with Gasteiger partial charge in [-0.25, -0.2) is 4.98 Å². The van der Waals surface area contributed by atoms with E-state index in [2.05, 4.69) is 31.5 Å². The Kier molecular flexibility index (Phi) is 4.51. The Labute approximate surface area is 110 Å². The number of nitrogens with zero attached hydrogens (tertiary/aromatic N) is 1. The quantitative estimate of drug-likeness (QED) is 0.897. The van der Waals surface area contributed by atoms with E-state index in [9.17, 15) is 4.79 Å². The van der Waals surface area contributed by atoms with Crippen LogP contribution in [-0.2, 0) is 4.79 Å². The second-order valence-electron chi connectivity index (χ2n) is 4.58. The maximum atomic E-state index is 11.6. The molecule has 0 fully saturated rings. The molecule has 0 aliphatic heterocycles. The Balaban J connectivity index is 2.67. The summed E-state index contributed by atoms with van der Waals surface area (Å²) in [5.41, 5.74) is 0.463. The van der Waals surface area contributed by atoms with Crippen LogP contribution in [-0.4, -0.2) is 24.5 Å². The third-order valence-electron chi connectivity index (χ3n) is 2.57. The predicted octanol–water partition coefficient (Wildman–Crippen LogP) is 2.34. The molecule has 1 heterocycles. The van der Waals surface area contributed by atoms with Crippen LogP contribution in [0.2, 0.25) is 0 Å². The average molecular weight is 300 g/mol. The van der Waals surface area contributed by atoms with Gasteiger partial charge in [0.1, 0.15) is 5.82 Å². The van der Waals surface area contributed by atoms with Gasteiger partial charge in [-0.15, -0.1) is 0 Å². The fourth-order valence-electron chi connectivity index (χ4n) is 1.37. The molecule has 0 aromatic carbocycles. The first-order valence-electron chi connectivity index (χ1n) is 5.46. The van der Waals surface area contributed by atoms with Crippen LogP contribution in [0.25, 0.3) is 0 Å². The Morgan fingerprint density at radius 3 is 2.65 bits per heavy atom. The number of nitrogens with one attached hydrogen (secondary N) is 2. The SMILES string of the molecule is CNC(=O)C(C)(C)CNc1ccc(Br)c(C)n1. The Morgan fingerprint density at radius 2 is 2.12 bits per heavy atom. The number of amides is 1. The summed E-state index contributed by atoms with van der Waals surface area (Å²) in [6.07, 6.45) is 0. The van der Waals surface area contributed by atoms with E-state index in [0.29, 0.717) is 6.54 Å². The van der Waals surface area contributed by atoms with E-state index in [1.54, 1.807) is 7.05 Å². The smallest absolute Gasteiger partial charge is 0.227 e. The predicted molar refractivity (Wildman–Crippen MR) is 73.0 cm³/mol. The number of pyridine rings is 1. The number of aromatic nitrogens is 1. The summed E-state index contributed by atoms with van der Waals surface area (Å²) in [5, 5.41) is 5.83. The Bertz CT molecular complexity index is 418. The summed E-state index contributed by atoms with van der Waals surface area (Å²) in [6, 6.07) is 3.83. The highest BCUT2D eigenvalue weighted by atomic mass is 79.9. The van der Waals surface area contributed by atoms with E-state index in [1.807, 2.05) is 32.9 Å². The minimum absolute atomic E-state index is 0.0128. The van der Waals surface area contributed by atoms with Crippen LogP contribution in [0.3, 0.4) is 0 Å². The molecule has 1 amide bonds. The van der Waals surface area contributed by atoms with Crippen molar-refractivity contribution in [2.24, 2.45) is 5.41 Å². The van der Waals surface area contributed by atoms with Crippen LogP contribution in [0.4, 0.5) is 5.82 Å². The van der Waals surface area contributed by atoms with Crippen molar-refractivity contribution in [1.29, 1.82) is 0 Å². The third kappa shape index (κ3) is 3.70. The first-order chi connectivity index (χ1) is 7.86. The molecule has 0 aliphatic rings. The molecule has 0 aliphatic carbocycles. The van der Waals surface area contributed by atoms with Gasteiger partial charge in [0.15, 0.2) is 0 Å². The maximum absolute atomic E-state index is 11.6. The molecule has 0 unspecified atom stereocenters. The van der Waals surface area contributed by atoms with E-state index in [1.165, 1.54) is 0 Å². The fraction of sp³-hybridized carbons (Fsp3) is 0.500. The fourth-order valence-corrected chi connectivity index (χ4v) is 1.59. The highest BCUT2D eigenvalue weighted by Gasteiger charge is 2.26.